The van der Waals surface area contributed by atoms with E-state index in [9.17, 15) is 0 Å². The molecule has 0 spiro atoms. The number of nitrogens with zero attached hydrogens (tertiary/aromatic N) is 2. The van der Waals surface area contributed by atoms with E-state index in [1.165, 1.54) is 18.6 Å². The van der Waals surface area contributed by atoms with Crippen LogP contribution in [0.3, 0.4) is 0 Å². The highest BCUT2D eigenvalue weighted by Gasteiger charge is 2.05. The lowest BCUT2D eigenvalue weighted by atomic mass is 10.2. The van der Waals surface area contributed by atoms with Crippen LogP contribution in [0.2, 0.25) is 0 Å². The van der Waals surface area contributed by atoms with Gasteiger partial charge in [-0.25, -0.2) is 4.98 Å². The van der Waals surface area contributed by atoms with Crippen LogP contribution in [-0.4, -0.2) is 21.6 Å². The standard InChI is InChI=1S/C10H19N3S/c1-9(11)10-7-12-8-13(10)5-3-4-6-14-2/h7-9H,3-6,11H2,1-2H3/t9-/m0/s1. The molecular formula is C10H19N3S. The smallest absolute Gasteiger partial charge is 0.0948 e. The molecule has 0 amide bonds. The number of thioether (sulfide) groups is 1. The van der Waals surface area contributed by atoms with Crippen LogP contribution in [-0.2, 0) is 6.54 Å². The number of unbranched alkanes of at least 4 members (excludes halogenated alkanes) is 1. The first-order valence-electron chi connectivity index (χ1n) is 5.00. The second kappa shape index (κ2) is 6.09. The van der Waals surface area contributed by atoms with E-state index in [1.807, 2.05) is 31.2 Å². The summed E-state index contributed by atoms with van der Waals surface area (Å²) >= 11 is 1.90. The van der Waals surface area contributed by atoms with Gasteiger partial charge < -0.3 is 10.3 Å². The Kier molecular flexibility index (Phi) is 5.04. The maximum absolute atomic E-state index is 5.82. The first-order valence-corrected chi connectivity index (χ1v) is 6.39. The lowest BCUT2D eigenvalue weighted by Gasteiger charge is -2.10. The van der Waals surface area contributed by atoms with Gasteiger partial charge in [0, 0.05) is 18.8 Å². The van der Waals surface area contributed by atoms with Crippen LogP contribution in [0.5, 0.6) is 0 Å². The molecule has 0 aromatic carbocycles. The van der Waals surface area contributed by atoms with Crippen molar-refractivity contribution in [2.75, 3.05) is 12.0 Å². The molecule has 0 aliphatic carbocycles. The van der Waals surface area contributed by atoms with Crippen molar-refractivity contribution in [2.24, 2.45) is 5.73 Å². The molecule has 1 heterocycles. The normalized spacial score (nSPS) is 13.1. The van der Waals surface area contributed by atoms with Crippen molar-refractivity contribution in [3.63, 3.8) is 0 Å². The van der Waals surface area contributed by atoms with Gasteiger partial charge >= 0.3 is 0 Å². The summed E-state index contributed by atoms with van der Waals surface area (Å²) < 4.78 is 2.16. The first kappa shape index (κ1) is 11.6. The number of imidazole rings is 1. The second-order valence-electron chi connectivity index (χ2n) is 3.50. The molecule has 3 nitrogen and oxygen atoms in total. The summed E-state index contributed by atoms with van der Waals surface area (Å²) in [7, 11) is 0. The molecule has 0 saturated heterocycles. The number of hydrogen-bond acceptors (Lipinski definition) is 3. The minimum absolute atomic E-state index is 0.0815. The molecule has 0 bridgehead atoms. The Hall–Kier alpha value is -0.480. The van der Waals surface area contributed by atoms with Crippen molar-refractivity contribution < 1.29 is 0 Å². The minimum Gasteiger partial charge on any atom is -0.333 e. The van der Waals surface area contributed by atoms with Crippen LogP contribution in [0.25, 0.3) is 0 Å². The van der Waals surface area contributed by atoms with Gasteiger partial charge in [-0.3, -0.25) is 0 Å². The van der Waals surface area contributed by atoms with E-state index >= 15 is 0 Å². The zero-order chi connectivity index (χ0) is 10.4. The third-order valence-electron chi connectivity index (χ3n) is 2.21. The second-order valence-corrected chi connectivity index (χ2v) is 4.49. The van der Waals surface area contributed by atoms with Gasteiger partial charge in [-0.1, -0.05) is 0 Å². The van der Waals surface area contributed by atoms with Crippen molar-refractivity contribution in [1.82, 2.24) is 9.55 Å². The quantitative estimate of drug-likeness (QED) is 0.735. The Morgan fingerprint density at radius 2 is 2.36 bits per heavy atom. The highest BCUT2D eigenvalue weighted by molar-refractivity contribution is 7.98. The van der Waals surface area contributed by atoms with Crippen LogP contribution < -0.4 is 5.73 Å². The summed E-state index contributed by atoms with van der Waals surface area (Å²) in [5.41, 5.74) is 6.96. The molecule has 0 unspecified atom stereocenters. The Balaban J connectivity index is 2.38. The van der Waals surface area contributed by atoms with E-state index in [-0.39, 0.29) is 6.04 Å². The first-order chi connectivity index (χ1) is 6.75. The molecule has 80 valence electrons. The number of rotatable bonds is 6. The fourth-order valence-electron chi connectivity index (χ4n) is 1.43. The van der Waals surface area contributed by atoms with Crippen LogP contribution in [0, 0.1) is 0 Å². The lowest BCUT2D eigenvalue weighted by molar-refractivity contribution is 0.588. The average molecular weight is 213 g/mol. The van der Waals surface area contributed by atoms with Crippen molar-refractivity contribution in [1.29, 1.82) is 0 Å². The maximum atomic E-state index is 5.82. The van der Waals surface area contributed by atoms with E-state index in [0.29, 0.717) is 0 Å². The highest BCUT2D eigenvalue weighted by Crippen LogP contribution is 2.10. The zero-order valence-electron chi connectivity index (χ0n) is 8.94. The Bertz CT molecular complexity index is 258. The van der Waals surface area contributed by atoms with Gasteiger partial charge in [-0.15, -0.1) is 0 Å². The molecule has 1 aromatic rings. The predicted octanol–water partition coefficient (Wildman–Crippen LogP) is 2.05. The Morgan fingerprint density at radius 3 is 3.00 bits per heavy atom. The summed E-state index contributed by atoms with van der Waals surface area (Å²) in [6, 6.07) is 0.0815. The van der Waals surface area contributed by atoms with E-state index in [0.717, 1.165) is 12.2 Å². The number of aromatic nitrogens is 2. The monoisotopic (exact) mass is 213 g/mol. The van der Waals surface area contributed by atoms with Gasteiger partial charge in [0.25, 0.3) is 0 Å². The molecule has 14 heavy (non-hydrogen) atoms. The molecule has 1 atom stereocenters. The summed E-state index contributed by atoms with van der Waals surface area (Å²) in [6.45, 7) is 3.03. The molecule has 0 radical (unpaired) electrons. The van der Waals surface area contributed by atoms with Crippen molar-refractivity contribution in [3.8, 4) is 0 Å². The van der Waals surface area contributed by atoms with Gasteiger partial charge in [-0.2, -0.15) is 11.8 Å². The van der Waals surface area contributed by atoms with Gasteiger partial charge in [0.1, 0.15) is 0 Å². The van der Waals surface area contributed by atoms with Gasteiger partial charge in [0.15, 0.2) is 0 Å². The van der Waals surface area contributed by atoms with Gasteiger partial charge in [-0.05, 0) is 31.8 Å². The van der Waals surface area contributed by atoms with Crippen LogP contribution in [0.15, 0.2) is 12.5 Å². The van der Waals surface area contributed by atoms with E-state index in [2.05, 4.69) is 15.8 Å². The molecule has 0 aliphatic heterocycles. The lowest BCUT2D eigenvalue weighted by Crippen LogP contribution is -2.11. The maximum Gasteiger partial charge on any atom is 0.0948 e. The fourth-order valence-corrected chi connectivity index (χ4v) is 1.92. The number of aryl methyl sites for hydroxylation is 1. The summed E-state index contributed by atoms with van der Waals surface area (Å²) in [4.78, 5) is 4.12. The summed E-state index contributed by atoms with van der Waals surface area (Å²) in [5, 5.41) is 0. The molecular weight excluding hydrogens is 194 g/mol. The topological polar surface area (TPSA) is 43.8 Å². The average Bonchev–Trinajstić information content (AvgIpc) is 2.60. The van der Waals surface area contributed by atoms with E-state index in [1.54, 1.807) is 0 Å². The minimum atomic E-state index is 0.0815. The Morgan fingerprint density at radius 1 is 1.57 bits per heavy atom. The van der Waals surface area contributed by atoms with Crippen molar-refractivity contribution in [2.45, 2.75) is 32.4 Å². The fraction of sp³-hybridized carbons (Fsp3) is 0.700. The summed E-state index contributed by atoms with van der Waals surface area (Å²) in [6.07, 6.45) is 8.34. The molecule has 0 saturated carbocycles. The molecule has 4 heteroatoms. The van der Waals surface area contributed by atoms with Crippen LogP contribution in [0.1, 0.15) is 31.5 Å². The zero-order valence-corrected chi connectivity index (χ0v) is 9.76. The van der Waals surface area contributed by atoms with Crippen molar-refractivity contribution >= 4 is 11.8 Å². The number of hydrogen-bond donors (Lipinski definition) is 1. The molecule has 2 N–H and O–H groups in total. The van der Waals surface area contributed by atoms with Crippen LogP contribution >= 0.6 is 11.8 Å². The SMILES string of the molecule is CSCCCCn1cncc1[C@H](C)N. The number of nitrogens with two attached hydrogens (primary N) is 1. The third-order valence-corrected chi connectivity index (χ3v) is 2.91. The van der Waals surface area contributed by atoms with Gasteiger partial charge in [0.2, 0.25) is 0 Å². The van der Waals surface area contributed by atoms with Crippen LogP contribution in [0.4, 0.5) is 0 Å². The predicted molar refractivity (Wildman–Crippen MR) is 62.4 cm³/mol. The molecule has 1 aromatic heterocycles. The van der Waals surface area contributed by atoms with Crippen molar-refractivity contribution in [3.05, 3.63) is 18.2 Å². The third kappa shape index (κ3) is 3.35. The largest absolute Gasteiger partial charge is 0.333 e. The van der Waals surface area contributed by atoms with Gasteiger partial charge in [0.05, 0.1) is 12.0 Å². The van der Waals surface area contributed by atoms with E-state index < -0.39 is 0 Å². The van der Waals surface area contributed by atoms with E-state index in [4.69, 9.17) is 5.73 Å². The summed E-state index contributed by atoms with van der Waals surface area (Å²) in [5.74, 6) is 1.24. The highest BCUT2D eigenvalue weighted by atomic mass is 32.2. The molecule has 0 fully saturated rings. The molecule has 0 aliphatic rings. The molecule has 1 rings (SSSR count). The Labute approximate surface area is 90.1 Å².